The number of aromatic amines is 1. The number of carbonyl (C=O) groups is 1. The first-order chi connectivity index (χ1) is 12.4. The van der Waals surface area contributed by atoms with Crippen LogP contribution in [0.25, 0.3) is 6.08 Å². The van der Waals surface area contributed by atoms with Gasteiger partial charge in [-0.1, -0.05) is 15.9 Å². The third-order valence-corrected chi connectivity index (χ3v) is 4.12. The summed E-state index contributed by atoms with van der Waals surface area (Å²) in [7, 11) is 0. The zero-order valence-corrected chi connectivity index (χ0v) is 15.3. The van der Waals surface area contributed by atoms with Crippen molar-refractivity contribution in [3.8, 4) is 0 Å². The molecule has 1 aromatic rings. The molecule has 1 aromatic heterocycles. The first-order valence-corrected chi connectivity index (χ1v) is 8.80. The minimum absolute atomic E-state index is 0.0360. The van der Waals surface area contributed by atoms with Gasteiger partial charge in [0.25, 0.3) is 5.56 Å². The van der Waals surface area contributed by atoms with E-state index >= 15 is 0 Å². The van der Waals surface area contributed by atoms with Crippen molar-refractivity contribution in [2.75, 3.05) is 13.2 Å². The zero-order valence-electron chi connectivity index (χ0n) is 13.7. The van der Waals surface area contributed by atoms with Gasteiger partial charge in [0.2, 0.25) is 0 Å². The standard InChI is InChI=1S/C15H20BrN3O7/c16-4-3-8-6-19(15(24)18-13(8)23)14-12(11(22)9(7-20)25-14)26-10(21)2-1-5-17/h3-4,6,9,11-12,14,20,22H,1-2,5,7,17H2,(H,18,23,24)/b4-3+/t9-,11-,12+,14-/m1/s1. The molecule has 1 saturated heterocycles. The Bertz CT molecular complexity index is 775. The van der Waals surface area contributed by atoms with Crippen LogP contribution < -0.4 is 17.0 Å². The zero-order chi connectivity index (χ0) is 19.3. The van der Waals surface area contributed by atoms with Gasteiger partial charge in [0, 0.05) is 12.6 Å². The second-order valence-electron chi connectivity index (χ2n) is 5.63. The van der Waals surface area contributed by atoms with Gasteiger partial charge in [-0.2, -0.15) is 0 Å². The summed E-state index contributed by atoms with van der Waals surface area (Å²) < 4.78 is 11.7. The molecule has 2 heterocycles. The lowest BCUT2D eigenvalue weighted by atomic mass is 10.1. The van der Waals surface area contributed by atoms with Gasteiger partial charge in [0.05, 0.1) is 12.2 Å². The number of aromatic nitrogens is 2. The number of halogens is 1. The Morgan fingerprint density at radius 3 is 2.85 bits per heavy atom. The molecule has 0 radical (unpaired) electrons. The van der Waals surface area contributed by atoms with Gasteiger partial charge in [-0.05, 0) is 24.0 Å². The molecule has 11 heteroatoms. The van der Waals surface area contributed by atoms with E-state index in [2.05, 4.69) is 20.9 Å². The van der Waals surface area contributed by atoms with E-state index in [4.69, 9.17) is 15.2 Å². The summed E-state index contributed by atoms with van der Waals surface area (Å²) in [5.74, 6) is -0.621. The van der Waals surface area contributed by atoms with Crippen LogP contribution in [-0.2, 0) is 14.3 Å². The predicted octanol–water partition coefficient (Wildman–Crippen LogP) is -1.20. The van der Waals surface area contributed by atoms with Gasteiger partial charge in [-0.25, -0.2) is 4.79 Å². The average molecular weight is 434 g/mol. The summed E-state index contributed by atoms with van der Waals surface area (Å²) in [4.78, 5) is 39.4. The smallest absolute Gasteiger partial charge is 0.330 e. The molecule has 26 heavy (non-hydrogen) atoms. The Labute approximate surface area is 156 Å². The topological polar surface area (TPSA) is 157 Å². The van der Waals surface area contributed by atoms with Crippen LogP contribution in [-0.4, -0.2) is 57.2 Å². The molecular formula is C15H20BrN3O7. The average Bonchev–Trinajstić information content (AvgIpc) is 2.91. The van der Waals surface area contributed by atoms with E-state index in [-0.39, 0.29) is 12.0 Å². The Kier molecular flexibility index (Phi) is 7.29. The molecule has 1 aliphatic rings. The van der Waals surface area contributed by atoms with Crippen LogP contribution in [0, 0.1) is 0 Å². The maximum absolute atomic E-state index is 12.2. The fourth-order valence-corrected chi connectivity index (χ4v) is 2.84. The monoisotopic (exact) mass is 433 g/mol. The van der Waals surface area contributed by atoms with Crippen LogP contribution in [0.15, 0.2) is 20.8 Å². The van der Waals surface area contributed by atoms with Gasteiger partial charge < -0.3 is 25.4 Å². The molecule has 0 saturated carbocycles. The second-order valence-corrected chi connectivity index (χ2v) is 6.16. The number of ether oxygens (including phenoxy) is 2. The Morgan fingerprint density at radius 2 is 2.23 bits per heavy atom. The lowest BCUT2D eigenvalue weighted by molar-refractivity contribution is -0.158. The highest BCUT2D eigenvalue weighted by atomic mass is 79.9. The summed E-state index contributed by atoms with van der Waals surface area (Å²) in [6.07, 6.45) is -1.79. The summed E-state index contributed by atoms with van der Waals surface area (Å²) >= 11 is 3.04. The molecule has 0 amide bonds. The molecule has 0 spiro atoms. The van der Waals surface area contributed by atoms with Crippen LogP contribution >= 0.6 is 15.9 Å². The SMILES string of the molecule is NCCCC(=O)O[C@H]1[C@H](O)[C@@H](CO)O[C@H]1n1cc(/C=C/Br)c(=O)[nH]c1=O. The number of H-pyrrole nitrogens is 1. The van der Waals surface area contributed by atoms with Crippen LogP contribution in [0.4, 0.5) is 0 Å². The number of aliphatic hydroxyl groups excluding tert-OH is 2. The third kappa shape index (κ3) is 4.48. The van der Waals surface area contributed by atoms with E-state index in [9.17, 15) is 24.6 Å². The van der Waals surface area contributed by atoms with E-state index in [0.29, 0.717) is 13.0 Å². The minimum atomic E-state index is -1.35. The van der Waals surface area contributed by atoms with Crippen molar-refractivity contribution < 1.29 is 24.5 Å². The molecule has 4 atom stereocenters. The van der Waals surface area contributed by atoms with E-state index in [0.717, 1.165) is 4.57 Å². The number of hydrogen-bond acceptors (Lipinski definition) is 8. The Morgan fingerprint density at radius 1 is 1.50 bits per heavy atom. The van der Waals surface area contributed by atoms with E-state index in [1.807, 2.05) is 0 Å². The van der Waals surface area contributed by atoms with Crippen molar-refractivity contribution in [1.29, 1.82) is 0 Å². The normalized spacial score (nSPS) is 25.7. The lowest BCUT2D eigenvalue weighted by Crippen LogP contribution is -2.41. The number of hydrogen-bond donors (Lipinski definition) is 4. The van der Waals surface area contributed by atoms with Crippen molar-refractivity contribution in [2.45, 2.75) is 37.4 Å². The maximum Gasteiger partial charge on any atom is 0.330 e. The molecule has 144 valence electrons. The van der Waals surface area contributed by atoms with Crippen LogP contribution in [0.2, 0.25) is 0 Å². The highest BCUT2D eigenvalue weighted by molar-refractivity contribution is 9.11. The van der Waals surface area contributed by atoms with Crippen LogP contribution in [0.3, 0.4) is 0 Å². The Balaban J connectivity index is 2.38. The van der Waals surface area contributed by atoms with E-state index in [1.165, 1.54) is 17.3 Å². The number of carbonyl (C=O) groups excluding carboxylic acids is 1. The number of esters is 1. The number of nitrogens with one attached hydrogen (secondary N) is 1. The quantitative estimate of drug-likeness (QED) is 0.390. The maximum atomic E-state index is 12.2. The number of rotatable bonds is 7. The number of nitrogens with two attached hydrogens (primary N) is 1. The molecule has 1 aliphatic heterocycles. The highest BCUT2D eigenvalue weighted by Gasteiger charge is 2.47. The lowest BCUT2D eigenvalue weighted by Gasteiger charge is -2.22. The van der Waals surface area contributed by atoms with Gasteiger partial charge in [0.1, 0.15) is 12.2 Å². The molecular weight excluding hydrogens is 414 g/mol. The molecule has 1 fully saturated rings. The van der Waals surface area contributed by atoms with Gasteiger partial charge >= 0.3 is 11.7 Å². The van der Waals surface area contributed by atoms with Gasteiger partial charge in [0.15, 0.2) is 12.3 Å². The minimum Gasteiger partial charge on any atom is -0.455 e. The second kappa shape index (κ2) is 9.24. The molecule has 10 nitrogen and oxygen atoms in total. The largest absolute Gasteiger partial charge is 0.455 e. The van der Waals surface area contributed by atoms with Crippen LogP contribution in [0.5, 0.6) is 0 Å². The van der Waals surface area contributed by atoms with E-state index < -0.39 is 48.4 Å². The molecule has 0 aromatic carbocycles. The summed E-state index contributed by atoms with van der Waals surface area (Å²) in [6.45, 7) is -0.246. The Hall–Kier alpha value is -1.79. The number of aliphatic hydroxyl groups is 2. The molecule has 2 rings (SSSR count). The van der Waals surface area contributed by atoms with Gasteiger partial charge in [-0.3, -0.25) is 19.1 Å². The predicted molar refractivity (Wildman–Crippen MR) is 94.5 cm³/mol. The fraction of sp³-hybridized carbons (Fsp3) is 0.533. The molecule has 0 unspecified atom stereocenters. The summed E-state index contributed by atoms with van der Waals surface area (Å²) in [5, 5.41) is 19.6. The molecule has 0 bridgehead atoms. The van der Waals surface area contributed by atoms with Crippen molar-refractivity contribution >= 4 is 28.0 Å². The van der Waals surface area contributed by atoms with Crippen LogP contribution in [0.1, 0.15) is 24.6 Å². The summed E-state index contributed by atoms with van der Waals surface area (Å²) in [5.41, 5.74) is 4.07. The molecule has 5 N–H and O–H groups in total. The van der Waals surface area contributed by atoms with Crippen molar-refractivity contribution in [3.05, 3.63) is 37.6 Å². The van der Waals surface area contributed by atoms with Crippen molar-refractivity contribution in [2.24, 2.45) is 5.73 Å². The summed E-state index contributed by atoms with van der Waals surface area (Å²) in [6, 6.07) is 0. The van der Waals surface area contributed by atoms with E-state index in [1.54, 1.807) is 0 Å². The first-order valence-electron chi connectivity index (χ1n) is 7.89. The van der Waals surface area contributed by atoms with Crippen molar-refractivity contribution in [3.63, 3.8) is 0 Å². The van der Waals surface area contributed by atoms with Crippen molar-refractivity contribution in [1.82, 2.24) is 9.55 Å². The number of nitrogens with zero attached hydrogens (tertiary/aromatic N) is 1. The molecule has 0 aliphatic carbocycles. The highest BCUT2D eigenvalue weighted by Crippen LogP contribution is 2.31. The third-order valence-electron chi connectivity index (χ3n) is 3.86. The van der Waals surface area contributed by atoms with Gasteiger partial charge in [-0.15, -0.1) is 0 Å². The fourth-order valence-electron chi connectivity index (χ4n) is 2.55. The first kappa shape index (κ1) is 20.5.